The third-order valence-corrected chi connectivity index (χ3v) is 3.45. The molecule has 0 aliphatic rings. The molecule has 0 aromatic rings. The summed E-state index contributed by atoms with van der Waals surface area (Å²) >= 11 is 1.43. The lowest BCUT2D eigenvalue weighted by Gasteiger charge is -2.13. The van der Waals surface area contributed by atoms with E-state index in [4.69, 9.17) is 22.9 Å². The van der Waals surface area contributed by atoms with E-state index >= 15 is 0 Å². The Kier molecular flexibility index (Phi) is 10.8. The van der Waals surface area contributed by atoms with Gasteiger partial charge >= 0.3 is 11.9 Å². The molecule has 0 saturated carbocycles. The molecule has 8 heteroatoms. The fraction of sp³-hybridized carbons (Fsp3) is 0.818. The molecule has 0 spiro atoms. The first-order chi connectivity index (χ1) is 9.02. The van der Waals surface area contributed by atoms with Gasteiger partial charge in [-0.15, -0.1) is 0 Å². The van der Waals surface area contributed by atoms with Crippen molar-refractivity contribution in [3.63, 3.8) is 0 Å². The monoisotopic (exact) mass is 292 g/mol. The van der Waals surface area contributed by atoms with E-state index in [1.807, 2.05) is 0 Å². The van der Waals surface area contributed by atoms with Crippen molar-refractivity contribution in [3.05, 3.63) is 0 Å². The van der Waals surface area contributed by atoms with Gasteiger partial charge in [-0.1, -0.05) is 6.42 Å². The smallest absolute Gasteiger partial charge is 0.331 e. The Balaban J connectivity index is 3.92. The molecule has 7 nitrogen and oxygen atoms in total. The van der Waals surface area contributed by atoms with Gasteiger partial charge in [0.25, 0.3) is 0 Å². The van der Waals surface area contributed by atoms with Gasteiger partial charge in [-0.2, -0.15) is 11.8 Å². The van der Waals surface area contributed by atoms with Crippen LogP contribution in [0.4, 0.5) is 0 Å². The van der Waals surface area contributed by atoms with Gasteiger partial charge in [-0.25, -0.2) is 9.59 Å². The lowest BCUT2D eigenvalue weighted by Crippen LogP contribution is -2.40. The van der Waals surface area contributed by atoms with Crippen molar-refractivity contribution in [1.29, 1.82) is 0 Å². The molecule has 8 N–H and O–H groups in total. The van der Waals surface area contributed by atoms with Crippen LogP contribution in [-0.4, -0.2) is 48.6 Å². The fourth-order valence-electron chi connectivity index (χ4n) is 1.24. The normalized spacial score (nSPS) is 13.9. The van der Waals surface area contributed by atoms with E-state index in [9.17, 15) is 9.59 Å². The third kappa shape index (κ3) is 8.95. The van der Waals surface area contributed by atoms with Crippen molar-refractivity contribution >= 4 is 23.7 Å². The minimum absolute atomic E-state index is 0.367. The second kappa shape index (κ2) is 11.2. The number of esters is 2. The topological polar surface area (TPSA) is 147 Å². The molecule has 0 bridgehead atoms. The van der Waals surface area contributed by atoms with E-state index in [0.29, 0.717) is 31.0 Å². The summed E-state index contributed by atoms with van der Waals surface area (Å²) in [5.41, 5.74) is 21.8. The summed E-state index contributed by atoms with van der Waals surface area (Å²) in [7, 11) is 0. The zero-order valence-corrected chi connectivity index (χ0v) is 11.9. The predicted octanol–water partition coefficient (Wildman–Crippen LogP) is -1.47. The Morgan fingerprint density at radius 3 is 2.21 bits per heavy atom. The summed E-state index contributed by atoms with van der Waals surface area (Å²) < 4.78 is 4.63. The summed E-state index contributed by atoms with van der Waals surface area (Å²) in [6.07, 6.45) is 1.95. The zero-order valence-electron chi connectivity index (χ0n) is 11.0. The van der Waals surface area contributed by atoms with E-state index in [2.05, 4.69) is 4.74 Å². The Morgan fingerprint density at radius 2 is 1.63 bits per heavy atom. The highest BCUT2D eigenvalue weighted by molar-refractivity contribution is 7.99. The number of carbonyl (C=O) groups is 2. The second-order valence-electron chi connectivity index (χ2n) is 4.10. The van der Waals surface area contributed by atoms with Crippen LogP contribution >= 0.6 is 11.8 Å². The molecule has 0 unspecified atom stereocenters. The predicted molar refractivity (Wildman–Crippen MR) is 76.3 cm³/mol. The average molecular weight is 292 g/mol. The van der Waals surface area contributed by atoms with Crippen molar-refractivity contribution < 1.29 is 14.3 Å². The molecule has 0 aromatic carbocycles. The number of rotatable bonds is 10. The van der Waals surface area contributed by atoms with E-state index in [-0.39, 0.29) is 0 Å². The van der Waals surface area contributed by atoms with Crippen molar-refractivity contribution in [2.75, 3.05) is 24.6 Å². The maximum Gasteiger partial charge on any atom is 0.331 e. The molecular weight excluding hydrogens is 268 g/mol. The molecule has 0 aliphatic carbocycles. The Morgan fingerprint density at radius 1 is 1.00 bits per heavy atom. The summed E-state index contributed by atoms with van der Waals surface area (Å²) in [6.45, 7) is 1.06. The van der Waals surface area contributed by atoms with E-state index in [1.165, 1.54) is 11.8 Å². The lowest BCUT2D eigenvalue weighted by atomic mass is 10.1. The molecular formula is C11H24N4O3S. The molecule has 0 aliphatic heterocycles. The highest BCUT2D eigenvalue weighted by Gasteiger charge is 2.22. The number of thioether (sulfide) groups is 1. The zero-order chi connectivity index (χ0) is 14.7. The van der Waals surface area contributed by atoms with Gasteiger partial charge in [0, 0.05) is 18.1 Å². The van der Waals surface area contributed by atoms with Crippen LogP contribution in [0.15, 0.2) is 0 Å². The van der Waals surface area contributed by atoms with Crippen LogP contribution in [0, 0.1) is 0 Å². The summed E-state index contributed by atoms with van der Waals surface area (Å²) in [6, 6.07) is -1.64. The van der Waals surface area contributed by atoms with Crippen LogP contribution in [0.5, 0.6) is 0 Å². The fourth-order valence-corrected chi connectivity index (χ4v) is 1.96. The Bertz CT molecular complexity index is 253. The maximum absolute atomic E-state index is 11.5. The molecule has 112 valence electrons. The summed E-state index contributed by atoms with van der Waals surface area (Å²) in [5.74, 6) is -0.413. The molecule has 0 rings (SSSR count). The largest absolute Gasteiger partial charge is 0.391 e. The van der Waals surface area contributed by atoms with Gasteiger partial charge in [0.2, 0.25) is 0 Å². The first-order valence-corrected chi connectivity index (χ1v) is 7.43. The minimum Gasteiger partial charge on any atom is -0.391 e. The number of ether oxygens (including phenoxy) is 1. The lowest BCUT2D eigenvalue weighted by molar-refractivity contribution is -0.161. The highest BCUT2D eigenvalue weighted by atomic mass is 32.2. The molecule has 0 saturated heterocycles. The average Bonchev–Trinajstić information content (AvgIpc) is 2.38. The molecule has 0 amide bonds. The number of hydrogen-bond acceptors (Lipinski definition) is 8. The first kappa shape index (κ1) is 18.3. The molecule has 19 heavy (non-hydrogen) atoms. The van der Waals surface area contributed by atoms with Crippen molar-refractivity contribution in [2.24, 2.45) is 22.9 Å². The van der Waals surface area contributed by atoms with Crippen molar-refractivity contribution in [3.8, 4) is 0 Å². The van der Waals surface area contributed by atoms with Gasteiger partial charge in [0.1, 0.15) is 12.1 Å². The van der Waals surface area contributed by atoms with Gasteiger partial charge in [-0.05, 0) is 19.4 Å². The van der Waals surface area contributed by atoms with E-state index in [1.54, 1.807) is 0 Å². The van der Waals surface area contributed by atoms with Gasteiger partial charge < -0.3 is 27.7 Å². The molecule has 2 atom stereocenters. The highest BCUT2D eigenvalue weighted by Crippen LogP contribution is 2.04. The minimum atomic E-state index is -0.836. The van der Waals surface area contributed by atoms with Crippen LogP contribution in [-0.2, 0) is 14.3 Å². The van der Waals surface area contributed by atoms with E-state index in [0.717, 1.165) is 12.8 Å². The summed E-state index contributed by atoms with van der Waals surface area (Å²) in [4.78, 5) is 23.0. The molecule has 0 heterocycles. The Hall–Kier alpha value is -0.670. The van der Waals surface area contributed by atoms with Crippen molar-refractivity contribution in [2.45, 2.75) is 31.3 Å². The number of carbonyl (C=O) groups excluding carboxylic acids is 2. The standard InChI is InChI=1S/C11H24N4O3S/c12-4-2-1-3-8(14)10(16)18-11(17)9(15)7-19-6-5-13/h8-9H,1-7,12-15H2/t8-,9-/m0/s1. The van der Waals surface area contributed by atoms with Crippen LogP contribution in [0.25, 0.3) is 0 Å². The van der Waals surface area contributed by atoms with Crippen LogP contribution in [0.3, 0.4) is 0 Å². The molecule has 0 radical (unpaired) electrons. The third-order valence-electron chi connectivity index (χ3n) is 2.34. The first-order valence-electron chi connectivity index (χ1n) is 6.27. The summed E-state index contributed by atoms with van der Waals surface area (Å²) in [5, 5.41) is 0. The van der Waals surface area contributed by atoms with Gasteiger partial charge in [0.05, 0.1) is 0 Å². The maximum atomic E-state index is 11.5. The molecule has 0 aromatic heterocycles. The number of hydrogen-bond donors (Lipinski definition) is 4. The SMILES string of the molecule is NCCCC[C@H](N)C(=O)OC(=O)[C@@H](N)CSCCN. The number of nitrogens with two attached hydrogens (primary N) is 4. The van der Waals surface area contributed by atoms with Crippen molar-refractivity contribution in [1.82, 2.24) is 0 Å². The quantitative estimate of drug-likeness (QED) is 0.217. The second-order valence-corrected chi connectivity index (χ2v) is 5.25. The number of unbranched alkanes of at least 4 members (excludes halogenated alkanes) is 1. The molecule has 0 fully saturated rings. The van der Waals surface area contributed by atoms with Crippen LogP contribution in [0.2, 0.25) is 0 Å². The Labute approximate surface area is 117 Å². The van der Waals surface area contributed by atoms with Gasteiger partial charge in [0.15, 0.2) is 0 Å². The van der Waals surface area contributed by atoms with Crippen LogP contribution < -0.4 is 22.9 Å². The van der Waals surface area contributed by atoms with E-state index < -0.39 is 24.0 Å². The van der Waals surface area contributed by atoms with Gasteiger partial charge in [-0.3, -0.25) is 0 Å². The van der Waals surface area contributed by atoms with Crippen LogP contribution in [0.1, 0.15) is 19.3 Å².